The van der Waals surface area contributed by atoms with Crippen molar-refractivity contribution in [1.82, 2.24) is 9.78 Å². The van der Waals surface area contributed by atoms with Gasteiger partial charge in [-0.3, -0.25) is 0 Å². The molecule has 0 spiro atoms. The van der Waals surface area contributed by atoms with E-state index in [4.69, 9.17) is 0 Å². The summed E-state index contributed by atoms with van der Waals surface area (Å²) >= 11 is 0. The Labute approximate surface area is 132 Å². The number of hydrogen-bond donors (Lipinski definition) is 1. The molecular weight excluding hydrogens is 291 g/mol. The molecule has 1 aromatic heterocycles. The molecule has 0 fully saturated rings. The van der Waals surface area contributed by atoms with Crippen LogP contribution in [0.5, 0.6) is 0 Å². The van der Waals surface area contributed by atoms with Crippen LogP contribution in [0.2, 0.25) is 0 Å². The Hall–Kier alpha value is -3.13. The fraction of sp³-hybridized carbons (Fsp3) is 0.111. The molecule has 2 heterocycles. The Balaban J connectivity index is 1.94. The molecule has 0 saturated heterocycles. The number of aromatic nitrogens is 2. The second kappa shape index (κ2) is 5.25. The van der Waals surface area contributed by atoms with Gasteiger partial charge in [-0.25, -0.2) is 9.07 Å². The predicted octanol–water partition coefficient (Wildman–Crippen LogP) is 3.52. The van der Waals surface area contributed by atoms with Gasteiger partial charge in [-0.15, -0.1) is 0 Å². The highest BCUT2D eigenvalue weighted by molar-refractivity contribution is 5.73. The lowest BCUT2D eigenvalue weighted by molar-refractivity contribution is 0.628. The van der Waals surface area contributed by atoms with Crippen molar-refractivity contribution in [3.8, 4) is 23.0 Å². The van der Waals surface area contributed by atoms with E-state index in [1.54, 1.807) is 16.8 Å². The smallest absolute Gasteiger partial charge is 0.133 e. The number of nitriles is 1. The van der Waals surface area contributed by atoms with E-state index >= 15 is 0 Å². The molecular formula is C18H13FN4. The molecule has 0 bridgehead atoms. The van der Waals surface area contributed by atoms with Gasteiger partial charge >= 0.3 is 0 Å². The summed E-state index contributed by atoms with van der Waals surface area (Å²) in [6.07, 6.45) is 0.829. The average Bonchev–Trinajstić information content (AvgIpc) is 3.17. The van der Waals surface area contributed by atoms with Crippen LogP contribution in [-0.2, 0) is 6.42 Å². The first-order chi connectivity index (χ1) is 11.3. The Morgan fingerprint density at radius 2 is 2.04 bits per heavy atom. The van der Waals surface area contributed by atoms with Crippen molar-refractivity contribution < 1.29 is 4.39 Å². The van der Waals surface area contributed by atoms with Gasteiger partial charge in [0.05, 0.1) is 16.9 Å². The molecule has 1 N–H and O–H groups in total. The molecule has 0 aliphatic carbocycles. The van der Waals surface area contributed by atoms with Gasteiger partial charge < -0.3 is 5.32 Å². The standard InChI is InChI=1S/C18H13FN4/c19-14-6-3-5-12(10-14)17-15-8-9-21-18(15)23(22-17)16-7-2-1-4-13(16)11-20/h1-7,10,21H,8-9H2. The van der Waals surface area contributed by atoms with Gasteiger partial charge in [0.15, 0.2) is 0 Å². The third-order valence-electron chi connectivity index (χ3n) is 4.00. The summed E-state index contributed by atoms with van der Waals surface area (Å²) in [5.41, 5.74) is 3.85. The summed E-state index contributed by atoms with van der Waals surface area (Å²) in [6, 6.07) is 16.0. The molecule has 0 amide bonds. The number of anilines is 1. The van der Waals surface area contributed by atoms with Gasteiger partial charge in [0.25, 0.3) is 0 Å². The number of halogens is 1. The minimum absolute atomic E-state index is 0.283. The van der Waals surface area contributed by atoms with Crippen LogP contribution in [0.4, 0.5) is 10.2 Å². The van der Waals surface area contributed by atoms with Gasteiger partial charge in [0.2, 0.25) is 0 Å². The summed E-state index contributed by atoms with van der Waals surface area (Å²) in [7, 11) is 0. The zero-order valence-corrected chi connectivity index (χ0v) is 12.3. The van der Waals surface area contributed by atoms with Crippen LogP contribution in [-0.4, -0.2) is 16.3 Å². The highest BCUT2D eigenvalue weighted by atomic mass is 19.1. The largest absolute Gasteiger partial charge is 0.369 e. The van der Waals surface area contributed by atoms with Crippen LogP contribution in [0, 0.1) is 17.1 Å². The second-order valence-corrected chi connectivity index (χ2v) is 5.40. The minimum Gasteiger partial charge on any atom is -0.369 e. The quantitative estimate of drug-likeness (QED) is 0.788. The van der Waals surface area contributed by atoms with Crippen molar-refractivity contribution in [2.45, 2.75) is 6.42 Å². The molecule has 0 saturated carbocycles. The Kier molecular flexibility index (Phi) is 3.09. The highest BCUT2D eigenvalue weighted by Gasteiger charge is 2.24. The van der Waals surface area contributed by atoms with Crippen molar-refractivity contribution in [3.63, 3.8) is 0 Å². The van der Waals surface area contributed by atoms with Gasteiger partial charge in [-0.05, 0) is 30.7 Å². The van der Waals surface area contributed by atoms with Crippen LogP contribution in [0.25, 0.3) is 16.9 Å². The summed E-state index contributed by atoms with van der Waals surface area (Å²) in [5.74, 6) is 0.598. The molecule has 4 nitrogen and oxygen atoms in total. The van der Waals surface area contributed by atoms with E-state index in [0.717, 1.165) is 41.3 Å². The predicted molar refractivity (Wildman–Crippen MR) is 85.9 cm³/mol. The number of fused-ring (bicyclic) bond motifs is 1. The normalized spacial score (nSPS) is 12.5. The van der Waals surface area contributed by atoms with Crippen molar-refractivity contribution >= 4 is 5.82 Å². The zero-order valence-electron chi connectivity index (χ0n) is 12.3. The third kappa shape index (κ3) is 2.16. The Morgan fingerprint density at radius 1 is 1.17 bits per heavy atom. The fourth-order valence-corrected chi connectivity index (χ4v) is 2.97. The third-order valence-corrected chi connectivity index (χ3v) is 4.00. The summed E-state index contributed by atoms with van der Waals surface area (Å²) < 4.78 is 15.3. The number of para-hydroxylation sites is 1. The molecule has 4 rings (SSSR count). The van der Waals surface area contributed by atoms with Crippen molar-refractivity contribution in [2.24, 2.45) is 0 Å². The molecule has 0 unspecified atom stereocenters. The van der Waals surface area contributed by atoms with Crippen LogP contribution in [0.3, 0.4) is 0 Å². The minimum atomic E-state index is -0.283. The number of benzene rings is 2. The topological polar surface area (TPSA) is 53.6 Å². The maximum Gasteiger partial charge on any atom is 0.133 e. The summed E-state index contributed by atoms with van der Waals surface area (Å²) in [6.45, 7) is 0.810. The Morgan fingerprint density at radius 3 is 2.87 bits per heavy atom. The first-order valence-corrected chi connectivity index (χ1v) is 7.39. The van der Waals surface area contributed by atoms with E-state index < -0.39 is 0 Å². The van der Waals surface area contributed by atoms with Crippen LogP contribution in [0.15, 0.2) is 48.5 Å². The van der Waals surface area contributed by atoms with E-state index in [0.29, 0.717) is 5.56 Å². The van der Waals surface area contributed by atoms with E-state index in [1.807, 2.05) is 24.3 Å². The molecule has 1 aliphatic heterocycles. The SMILES string of the molecule is N#Cc1ccccc1-n1nc(-c2cccc(F)c2)c2c1NCC2. The van der Waals surface area contributed by atoms with Crippen molar-refractivity contribution in [3.05, 3.63) is 65.5 Å². The second-order valence-electron chi connectivity index (χ2n) is 5.40. The molecule has 5 heteroatoms. The lowest BCUT2D eigenvalue weighted by Crippen LogP contribution is -2.05. The van der Waals surface area contributed by atoms with Gasteiger partial charge in [-0.2, -0.15) is 10.4 Å². The first kappa shape index (κ1) is 13.5. The van der Waals surface area contributed by atoms with Gasteiger partial charge in [-0.1, -0.05) is 24.3 Å². The maximum atomic E-state index is 13.6. The maximum absolute atomic E-state index is 13.6. The lowest BCUT2D eigenvalue weighted by atomic mass is 10.1. The molecule has 2 aromatic carbocycles. The van der Waals surface area contributed by atoms with Gasteiger partial charge in [0, 0.05) is 17.7 Å². The lowest BCUT2D eigenvalue weighted by Gasteiger charge is -2.07. The zero-order chi connectivity index (χ0) is 15.8. The summed E-state index contributed by atoms with van der Waals surface area (Å²) in [4.78, 5) is 0. The molecule has 3 aromatic rings. The fourth-order valence-electron chi connectivity index (χ4n) is 2.97. The molecule has 1 aliphatic rings. The van der Waals surface area contributed by atoms with E-state index in [-0.39, 0.29) is 5.82 Å². The number of nitrogens with zero attached hydrogens (tertiary/aromatic N) is 3. The van der Waals surface area contributed by atoms with Crippen molar-refractivity contribution in [2.75, 3.05) is 11.9 Å². The average molecular weight is 304 g/mol. The van der Waals surface area contributed by atoms with Crippen LogP contribution in [0.1, 0.15) is 11.1 Å². The first-order valence-electron chi connectivity index (χ1n) is 7.39. The molecule has 112 valence electrons. The van der Waals surface area contributed by atoms with Crippen LogP contribution < -0.4 is 5.32 Å². The molecule has 0 atom stereocenters. The number of nitrogens with one attached hydrogen (secondary N) is 1. The summed E-state index contributed by atoms with van der Waals surface area (Å²) in [5, 5.41) is 17.3. The molecule has 0 radical (unpaired) electrons. The van der Waals surface area contributed by atoms with Crippen LogP contribution >= 0.6 is 0 Å². The number of hydrogen-bond acceptors (Lipinski definition) is 3. The van der Waals surface area contributed by atoms with E-state index in [2.05, 4.69) is 16.5 Å². The van der Waals surface area contributed by atoms with E-state index in [9.17, 15) is 9.65 Å². The molecule has 23 heavy (non-hydrogen) atoms. The highest BCUT2D eigenvalue weighted by Crippen LogP contribution is 2.35. The van der Waals surface area contributed by atoms with E-state index in [1.165, 1.54) is 12.1 Å². The monoisotopic (exact) mass is 304 g/mol. The van der Waals surface area contributed by atoms with Gasteiger partial charge in [0.1, 0.15) is 17.7 Å². The Bertz CT molecular complexity index is 936. The number of rotatable bonds is 2. The van der Waals surface area contributed by atoms with Crippen molar-refractivity contribution in [1.29, 1.82) is 5.26 Å².